The highest BCUT2D eigenvalue weighted by Gasteiger charge is 2.15. The molecule has 52 valence electrons. The van der Waals surface area contributed by atoms with Crippen LogP contribution in [0.3, 0.4) is 0 Å². The highest BCUT2D eigenvalue weighted by molar-refractivity contribution is 5.81. The van der Waals surface area contributed by atoms with Crippen LogP contribution in [-0.2, 0) is 4.79 Å². The molecule has 3 heteroatoms. The van der Waals surface area contributed by atoms with Crippen LogP contribution in [0.15, 0.2) is 0 Å². The van der Waals surface area contributed by atoms with Crippen LogP contribution in [0, 0.1) is 0 Å². The first-order valence-electron chi connectivity index (χ1n) is 3.19. The molecule has 0 spiro atoms. The fraction of sp³-hybridized carbons (Fsp3) is 0.833. The van der Waals surface area contributed by atoms with Gasteiger partial charge in [0, 0.05) is 12.5 Å². The van der Waals surface area contributed by atoms with Gasteiger partial charge in [-0.05, 0) is 6.42 Å². The minimum Gasteiger partial charge on any atom is -0.395 e. The number of nitrogens with one attached hydrogen (secondary N) is 1. The number of aliphatic hydroxyl groups is 1. The molecule has 1 saturated heterocycles. The maximum Gasteiger partial charge on any atom is 0.146 e. The molecular weight excluding hydrogens is 118 g/mol. The quantitative estimate of drug-likeness (QED) is 0.492. The van der Waals surface area contributed by atoms with Crippen LogP contribution in [-0.4, -0.2) is 30.1 Å². The largest absolute Gasteiger partial charge is 0.395 e. The number of carbonyl (C=O) groups excluding carboxylic acids is 1. The van der Waals surface area contributed by atoms with Crippen molar-refractivity contribution < 1.29 is 9.90 Å². The number of ketones is 1. The number of aliphatic hydroxyl groups excluding tert-OH is 1. The Hall–Kier alpha value is -0.410. The molecule has 0 bridgehead atoms. The molecule has 1 aliphatic heterocycles. The Morgan fingerprint density at radius 3 is 3.00 bits per heavy atom. The van der Waals surface area contributed by atoms with Crippen LogP contribution in [0.4, 0.5) is 0 Å². The fourth-order valence-electron chi connectivity index (χ4n) is 0.940. The summed E-state index contributed by atoms with van der Waals surface area (Å²) in [5.74, 6) is 0.250. The molecule has 0 radical (unpaired) electrons. The van der Waals surface area contributed by atoms with Crippen LogP contribution >= 0.6 is 0 Å². The summed E-state index contributed by atoms with van der Waals surface area (Å²) >= 11 is 0. The van der Waals surface area contributed by atoms with Crippen molar-refractivity contribution >= 4 is 5.78 Å². The Kier molecular flexibility index (Phi) is 2.19. The number of rotatable bonds is 1. The Morgan fingerprint density at radius 1 is 1.78 bits per heavy atom. The smallest absolute Gasteiger partial charge is 0.146 e. The summed E-state index contributed by atoms with van der Waals surface area (Å²) in [4.78, 5) is 10.6. The van der Waals surface area contributed by atoms with Gasteiger partial charge in [0.1, 0.15) is 5.78 Å². The highest BCUT2D eigenvalue weighted by atomic mass is 16.3. The molecule has 9 heavy (non-hydrogen) atoms. The van der Waals surface area contributed by atoms with Crippen molar-refractivity contribution in [2.24, 2.45) is 0 Å². The maximum absolute atomic E-state index is 10.6. The predicted octanol–water partition coefficient (Wildman–Crippen LogP) is -0.700. The first-order chi connectivity index (χ1) is 4.33. The standard InChI is InChI=1S/C6H11NO2/c8-4-5-1-2-6(9)3-7-5/h5,7-8H,1-4H2. The fourth-order valence-corrected chi connectivity index (χ4v) is 0.940. The summed E-state index contributed by atoms with van der Waals surface area (Å²) in [7, 11) is 0. The molecule has 1 unspecified atom stereocenters. The van der Waals surface area contributed by atoms with E-state index in [9.17, 15) is 4.79 Å². The minimum atomic E-state index is 0.146. The van der Waals surface area contributed by atoms with Gasteiger partial charge in [-0.25, -0.2) is 0 Å². The van der Waals surface area contributed by atoms with Crippen molar-refractivity contribution in [3.8, 4) is 0 Å². The lowest BCUT2D eigenvalue weighted by Gasteiger charge is -2.19. The number of Topliss-reactive ketones (excluding diaryl/α,β-unsaturated/α-hetero) is 1. The van der Waals surface area contributed by atoms with E-state index in [4.69, 9.17) is 5.11 Å². The molecule has 0 aromatic rings. The summed E-state index contributed by atoms with van der Waals surface area (Å²) in [6.45, 7) is 0.582. The van der Waals surface area contributed by atoms with Crippen molar-refractivity contribution in [1.82, 2.24) is 5.32 Å². The molecule has 0 aliphatic carbocycles. The first kappa shape index (κ1) is 6.71. The Balaban J connectivity index is 2.26. The summed E-state index contributed by atoms with van der Waals surface area (Å²) in [6.07, 6.45) is 1.41. The second kappa shape index (κ2) is 2.94. The highest BCUT2D eigenvalue weighted by Crippen LogP contribution is 2.02. The molecule has 1 rings (SSSR count). The molecule has 0 saturated carbocycles. The van der Waals surface area contributed by atoms with Crippen molar-refractivity contribution in [1.29, 1.82) is 0 Å². The summed E-state index contributed by atoms with van der Waals surface area (Å²) < 4.78 is 0. The van der Waals surface area contributed by atoms with Crippen LogP contribution in [0.1, 0.15) is 12.8 Å². The van der Waals surface area contributed by atoms with Gasteiger partial charge in [0.05, 0.1) is 13.2 Å². The molecular formula is C6H11NO2. The van der Waals surface area contributed by atoms with Gasteiger partial charge >= 0.3 is 0 Å². The summed E-state index contributed by atoms with van der Waals surface area (Å²) in [5, 5.41) is 11.5. The van der Waals surface area contributed by atoms with E-state index in [1.54, 1.807) is 0 Å². The normalized spacial score (nSPS) is 28.6. The van der Waals surface area contributed by atoms with Gasteiger partial charge in [-0.15, -0.1) is 0 Å². The lowest BCUT2D eigenvalue weighted by Crippen LogP contribution is -2.41. The third kappa shape index (κ3) is 1.77. The summed E-state index contributed by atoms with van der Waals surface area (Å²) in [5.41, 5.74) is 0. The Morgan fingerprint density at radius 2 is 2.56 bits per heavy atom. The van der Waals surface area contributed by atoms with Gasteiger partial charge in [0.15, 0.2) is 0 Å². The van der Waals surface area contributed by atoms with Crippen molar-refractivity contribution in [2.45, 2.75) is 18.9 Å². The number of carbonyl (C=O) groups is 1. The minimum absolute atomic E-state index is 0.146. The Bertz CT molecular complexity index is 104. The third-order valence-corrected chi connectivity index (χ3v) is 1.58. The lowest BCUT2D eigenvalue weighted by molar-refractivity contribution is -0.119. The van der Waals surface area contributed by atoms with E-state index in [0.29, 0.717) is 13.0 Å². The molecule has 0 aromatic carbocycles. The molecule has 0 amide bonds. The van der Waals surface area contributed by atoms with Crippen molar-refractivity contribution in [2.75, 3.05) is 13.2 Å². The van der Waals surface area contributed by atoms with Crippen LogP contribution < -0.4 is 5.32 Å². The maximum atomic E-state index is 10.6. The van der Waals surface area contributed by atoms with Crippen molar-refractivity contribution in [3.05, 3.63) is 0 Å². The predicted molar refractivity (Wildman–Crippen MR) is 33.1 cm³/mol. The number of hydrogen-bond acceptors (Lipinski definition) is 3. The van der Waals surface area contributed by atoms with Gasteiger partial charge in [-0.3, -0.25) is 4.79 Å². The molecule has 1 heterocycles. The molecule has 1 fully saturated rings. The van der Waals surface area contributed by atoms with Gasteiger partial charge in [0.2, 0.25) is 0 Å². The van der Waals surface area contributed by atoms with Gasteiger partial charge < -0.3 is 10.4 Å². The van der Waals surface area contributed by atoms with Gasteiger partial charge in [0.25, 0.3) is 0 Å². The monoisotopic (exact) mass is 129 g/mol. The van der Waals surface area contributed by atoms with E-state index >= 15 is 0 Å². The average molecular weight is 129 g/mol. The van der Waals surface area contributed by atoms with E-state index in [2.05, 4.69) is 5.32 Å². The van der Waals surface area contributed by atoms with Crippen molar-refractivity contribution in [3.63, 3.8) is 0 Å². The third-order valence-electron chi connectivity index (χ3n) is 1.58. The van der Waals surface area contributed by atoms with Crippen LogP contribution in [0.2, 0.25) is 0 Å². The average Bonchev–Trinajstić information content (AvgIpc) is 1.90. The molecule has 1 aliphatic rings. The van der Waals surface area contributed by atoms with E-state index in [1.165, 1.54) is 0 Å². The zero-order chi connectivity index (χ0) is 6.69. The van der Waals surface area contributed by atoms with Gasteiger partial charge in [-0.2, -0.15) is 0 Å². The zero-order valence-electron chi connectivity index (χ0n) is 5.26. The second-order valence-corrected chi connectivity index (χ2v) is 2.34. The van der Waals surface area contributed by atoms with E-state index < -0.39 is 0 Å². The summed E-state index contributed by atoms with van der Waals surface area (Å²) in [6, 6.07) is 0.155. The molecule has 0 aromatic heterocycles. The van der Waals surface area contributed by atoms with E-state index in [-0.39, 0.29) is 18.4 Å². The first-order valence-corrected chi connectivity index (χ1v) is 3.19. The molecule has 2 N–H and O–H groups in total. The van der Waals surface area contributed by atoms with Crippen LogP contribution in [0.5, 0.6) is 0 Å². The Labute approximate surface area is 54.1 Å². The van der Waals surface area contributed by atoms with E-state index in [0.717, 1.165) is 6.42 Å². The number of piperidine rings is 1. The van der Waals surface area contributed by atoms with Crippen LogP contribution in [0.25, 0.3) is 0 Å². The SMILES string of the molecule is O=C1CCC(CO)NC1. The molecule has 3 nitrogen and oxygen atoms in total. The second-order valence-electron chi connectivity index (χ2n) is 2.34. The molecule has 1 atom stereocenters. The lowest BCUT2D eigenvalue weighted by atomic mass is 10.1. The number of hydrogen-bond donors (Lipinski definition) is 2. The van der Waals surface area contributed by atoms with E-state index in [1.807, 2.05) is 0 Å². The van der Waals surface area contributed by atoms with Gasteiger partial charge in [-0.1, -0.05) is 0 Å². The topological polar surface area (TPSA) is 49.3 Å². The zero-order valence-corrected chi connectivity index (χ0v) is 5.26.